The number of carbonyl (C=O) groups is 1. The summed E-state index contributed by atoms with van der Waals surface area (Å²) >= 11 is 0. The van der Waals surface area contributed by atoms with Gasteiger partial charge in [0.2, 0.25) is 5.91 Å². The Morgan fingerprint density at radius 2 is 2.04 bits per heavy atom. The zero-order valence-electron chi connectivity index (χ0n) is 15.7. The van der Waals surface area contributed by atoms with E-state index in [1.54, 1.807) is 12.4 Å². The number of hydrogen-bond donors (Lipinski definition) is 1. The third-order valence-corrected chi connectivity index (χ3v) is 5.93. The second-order valence-corrected chi connectivity index (χ2v) is 7.89. The van der Waals surface area contributed by atoms with Gasteiger partial charge in [0.25, 0.3) is 0 Å². The highest BCUT2D eigenvalue weighted by molar-refractivity contribution is 5.82. The summed E-state index contributed by atoms with van der Waals surface area (Å²) in [7, 11) is 2.20. The summed E-state index contributed by atoms with van der Waals surface area (Å²) in [6.07, 6.45) is 9.07. The van der Waals surface area contributed by atoms with Crippen LogP contribution in [-0.2, 0) is 11.2 Å². The minimum atomic E-state index is 0.0563. The lowest BCUT2D eigenvalue weighted by Crippen LogP contribution is -2.44. The highest BCUT2D eigenvalue weighted by atomic mass is 16.2. The van der Waals surface area contributed by atoms with Gasteiger partial charge in [-0.2, -0.15) is 0 Å². The highest BCUT2D eigenvalue weighted by Crippen LogP contribution is 2.43. The van der Waals surface area contributed by atoms with E-state index in [9.17, 15) is 4.79 Å². The number of piperidine rings is 1. The Labute approximate surface area is 151 Å². The Bertz CT molecular complexity index is 554. The molecular weight excluding hydrogens is 312 g/mol. The van der Waals surface area contributed by atoms with Crippen molar-refractivity contribution < 1.29 is 4.79 Å². The first-order valence-corrected chi connectivity index (χ1v) is 9.71. The number of carbonyl (C=O) groups excluding carboxylic acids is 1. The van der Waals surface area contributed by atoms with Gasteiger partial charge in [-0.15, -0.1) is 0 Å². The molecule has 5 nitrogen and oxygen atoms in total. The lowest BCUT2D eigenvalue weighted by atomic mass is 9.76. The second-order valence-electron chi connectivity index (χ2n) is 7.89. The van der Waals surface area contributed by atoms with Crippen LogP contribution in [0.1, 0.15) is 38.2 Å². The quantitative estimate of drug-likeness (QED) is 0.857. The molecule has 0 radical (unpaired) electrons. The fraction of sp³-hybridized carbons (Fsp3) is 0.700. The standard InChI is InChI=1S/C20H32N4O/c1-3-12-24-16-20(7-13-23(2)14-8-20)15-18(24)19(25)22-11-6-17-4-9-21-10-5-17/h4-5,9-10,18H,3,6-8,11-16H2,1-2H3,(H,22,25)/t18-/m1/s1. The summed E-state index contributed by atoms with van der Waals surface area (Å²) in [5.41, 5.74) is 1.58. The molecule has 2 aliphatic heterocycles. The molecule has 1 amide bonds. The summed E-state index contributed by atoms with van der Waals surface area (Å²) in [4.78, 5) is 21.7. The predicted molar refractivity (Wildman–Crippen MR) is 100 cm³/mol. The average Bonchev–Trinajstić information content (AvgIpc) is 2.97. The molecule has 0 saturated carbocycles. The molecule has 1 aromatic rings. The van der Waals surface area contributed by atoms with Gasteiger partial charge in [-0.3, -0.25) is 14.7 Å². The third-order valence-electron chi connectivity index (χ3n) is 5.93. The van der Waals surface area contributed by atoms with Crippen molar-refractivity contribution in [3.05, 3.63) is 30.1 Å². The van der Waals surface area contributed by atoms with Crippen LogP contribution in [0.25, 0.3) is 0 Å². The molecule has 138 valence electrons. The second kappa shape index (κ2) is 8.28. The summed E-state index contributed by atoms with van der Waals surface area (Å²) in [5.74, 6) is 0.221. The topological polar surface area (TPSA) is 48.5 Å². The number of rotatable bonds is 6. The predicted octanol–water partition coefficient (Wildman–Crippen LogP) is 1.94. The third kappa shape index (κ3) is 4.59. The smallest absolute Gasteiger partial charge is 0.237 e. The maximum atomic E-state index is 12.8. The normalized spacial score (nSPS) is 23.8. The van der Waals surface area contributed by atoms with Crippen molar-refractivity contribution in [3.8, 4) is 0 Å². The number of likely N-dealkylation sites (tertiary alicyclic amines) is 2. The van der Waals surface area contributed by atoms with Crippen molar-refractivity contribution in [2.45, 2.75) is 45.1 Å². The zero-order valence-corrected chi connectivity index (χ0v) is 15.7. The fourth-order valence-electron chi connectivity index (χ4n) is 4.38. The van der Waals surface area contributed by atoms with Gasteiger partial charge in [0.05, 0.1) is 6.04 Å². The van der Waals surface area contributed by atoms with E-state index in [1.807, 2.05) is 12.1 Å². The van der Waals surface area contributed by atoms with Crippen LogP contribution >= 0.6 is 0 Å². The van der Waals surface area contributed by atoms with Crippen LogP contribution in [0.5, 0.6) is 0 Å². The molecule has 2 saturated heterocycles. The Morgan fingerprint density at radius 1 is 1.32 bits per heavy atom. The van der Waals surface area contributed by atoms with E-state index in [2.05, 4.69) is 34.1 Å². The Kier molecular flexibility index (Phi) is 6.07. The lowest BCUT2D eigenvalue weighted by molar-refractivity contribution is -0.125. The van der Waals surface area contributed by atoms with E-state index in [0.717, 1.165) is 45.4 Å². The fourth-order valence-corrected chi connectivity index (χ4v) is 4.38. The van der Waals surface area contributed by atoms with Crippen molar-refractivity contribution in [1.29, 1.82) is 0 Å². The van der Waals surface area contributed by atoms with E-state index in [1.165, 1.54) is 18.4 Å². The molecular formula is C20H32N4O. The Hall–Kier alpha value is -1.46. The van der Waals surface area contributed by atoms with E-state index in [4.69, 9.17) is 0 Å². The summed E-state index contributed by atoms with van der Waals surface area (Å²) in [6, 6.07) is 4.08. The van der Waals surface area contributed by atoms with Gasteiger partial charge in [0, 0.05) is 25.5 Å². The van der Waals surface area contributed by atoms with E-state index in [-0.39, 0.29) is 11.9 Å². The monoisotopic (exact) mass is 344 g/mol. The van der Waals surface area contributed by atoms with Gasteiger partial charge in [0.15, 0.2) is 0 Å². The molecule has 3 heterocycles. The van der Waals surface area contributed by atoms with Crippen LogP contribution in [0.3, 0.4) is 0 Å². The van der Waals surface area contributed by atoms with Crippen molar-refractivity contribution in [3.63, 3.8) is 0 Å². The van der Waals surface area contributed by atoms with Gasteiger partial charge in [-0.1, -0.05) is 6.92 Å². The Morgan fingerprint density at radius 3 is 2.72 bits per heavy atom. The van der Waals surface area contributed by atoms with Crippen molar-refractivity contribution >= 4 is 5.91 Å². The van der Waals surface area contributed by atoms with Gasteiger partial charge >= 0.3 is 0 Å². The maximum absolute atomic E-state index is 12.8. The summed E-state index contributed by atoms with van der Waals surface area (Å²) < 4.78 is 0. The largest absolute Gasteiger partial charge is 0.354 e. The molecule has 1 spiro atoms. The van der Waals surface area contributed by atoms with Gasteiger partial charge in [-0.25, -0.2) is 0 Å². The molecule has 3 rings (SSSR count). The van der Waals surface area contributed by atoms with Crippen LogP contribution in [0.2, 0.25) is 0 Å². The maximum Gasteiger partial charge on any atom is 0.237 e. The minimum Gasteiger partial charge on any atom is -0.354 e. The first-order valence-electron chi connectivity index (χ1n) is 9.71. The molecule has 5 heteroatoms. The molecule has 1 aromatic heterocycles. The van der Waals surface area contributed by atoms with Gasteiger partial charge in [0.1, 0.15) is 0 Å². The van der Waals surface area contributed by atoms with E-state index >= 15 is 0 Å². The average molecular weight is 345 g/mol. The lowest BCUT2D eigenvalue weighted by Gasteiger charge is -2.37. The minimum absolute atomic E-state index is 0.0563. The molecule has 2 aliphatic rings. The van der Waals surface area contributed by atoms with Crippen LogP contribution in [0.4, 0.5) is 0 Å². The van der Waals surface area contributed by atoms with Crippen molar-refractivity contribution in [2.75, 3.05) is 39.8 Å². The number of nitrogens with zero attached hydrogens (tertiary/aromatic N) is 3. The van der Waals surface area contributed by atoms with Gasteiger partial charge < -0.3 is 10.2 Å². The molecule has 25 heavy (non-hydrogen) atoms. The van der Waals surface area contributed by atoms with Crippen molar-refractivity contribution in [2.24, 2.45) is 5.41 Å². The molecule has 2 fully saturated rings. The van der Waals surface area contributed by atoms with Crippen LogP contribution in [-0.4, -0.2) is 66.5 Å². The highest BCUT2D eigenvalue weighted by Gasteiger charge is 2.47. The molecule has 0 unspecified atom stereocenters. The number of pyridine rings is 1. The zero-order chi connectivity index (χ0) is 17.7. The van der Waals surface area contributed by atoms with E-state index < -0.39 is 0 Å². The first kappa shape index (κ1) is 18.3. The first-order chi connectivity index (χ1) is 12.1. The molecule has 0 aliphatic carbocycles. The molecule has 0 bridgehead atoms. The van der Waals surface area contributed by atoms with Crippen LogP contribution in [0, 0.1) is 5.41 Å². The van der Waals surface area contributed by atoms with E-state index in [0.29, 0.717) is 12.0 Å². The van der Waals surface area contributed by atoms with Crippen molar-refractivity contribution in [1.82, 2.24) is 20.1 Å². The SMILES string of the molecule is CCCN1CC2(CCN(C)CC2)C[C@@H]1C(=O)NCCc1ccncc1. The number of hydrogen-bond acceptors (Lipinski definition) is 4. The Balaban J connectivity index is 1.55. The van der Waals surface area contributed by atoms with Crippen LogP contribution in [0.15, 0.2) is 24.5 Å². The van der Waals surface area contributed by atoms with Crippen LogP contribution < -0.4 is 5.32 Å². The number of amides is 1. The number of aromatic nitrogens is 1. The molecule has 1 atom stereocenters. The summed E-state index contributed by atoms with van der Waals surface area (Å²) in [6.45, 7) is 7.36. The summed E-state index contributed by atoms with van der Waals surface area (Å²) in [5, 5.41) is 3.18. The molecule has 1 N–H and O–H groups in total. The number of nitrogens with one attached hydrogen (secondary N) is 1. The van der Waals surface area contributed by atoms with Gasteiger partial charge in [-0.05, 0) is 81.9 Å². The molecule has 0 aromatic carbocycles.